The first-order chi connectivity index (χ1) is 12.0. The highest BCUT2D eigenvalue weighted by atomic mass is 35.5. The number of nitrogens with one attached hydrogen (secondary N) is 1. The molecule has 1 N–H and O–H groups in total. The van der Waals surface area contributed by atoms with Crippen LogP contribution in [0.15, 0.2) is 16.7 Å². The van der Waals surface area contributed by atoms with Crippen LogP contribution >= 0.6 is 12.4 Å². The third-order valence-electron chi connectivity index (χ3n) is 4.63. The van der Waals surface area contributed by atoms with Crippen LogP contribution in [0.2, 0.25) is 0 Å². The zero-order chi connectivity index (χ0) is 17.6. The van der Waals surface area contributed by atoms with E-state index >= 15 is 0 Å². The van der Waals surface area contributed by atoms with E-state index in [0.29, 0.717) is 22.4 Å². The molecule has 0 bridgehead atoms. The van der Waals surface area contributed by atoms with E-state index < -0.39 is 5.82 Å². The maximum absolute atomic E-state index is 14.1. The van der Waals surface area contributed by atoms with Crippen LogP contribution in [0, 0.1) is 19.7 Å². The Balaban J connectivity index is 0.00000196. The highest BCUT2D eigenvalue weighted by Crippen LogP contribution is 2.29. The molecule has 1 aliphatic rings. The number of benzene rings is 1. The molecule has 1 saturated heterocycles. The van der Waals surface area contributed by atoms with E-state index in [4.69, 9.17) is 4.52 Å². The number of aryl methyl sites for hydroxylation is 2. The summed E-state index contributed by atoms with van der Waals surface area (Å²) in [5.74, 6) is 0.436. The summed E-state index contributed by atoms with van der Waals surface area (Å²) in [5, 5.41) is 7.42. The summed E-state index contributed by atoms with van der Waals surface area (Å²) in [6.07, 6.45) is 0. The predicted octanol–water partition coefficient (Wildman–Crippen LogP) is 2.43. The van der Waals surface area contributed by atoms with Crippen LogP contribution in [-0.2, 0) is 0 Å². The molecule has 2 aromatic heterocycles. The number of halogens is 2. The Labute approximate surface area is 156 Å². The molecule has 1 aromatic carbocycles. The molecule has 0 spiro atoms. The Morgan fingerprint density at radius 1 is 1.19 bits per heavy atom. The average molecular weight is 379 g/mol. The monoisotopic (exact) mass is 378 g/mol. The highest BCUT2D eigenvalue weighted by molar-refractivity contribution is 5.89. The van der Waals surface area contributed by atoms with Crippen molar-refractivity contribution in [3.8, 4) is 11.5 Å². The summed E-state index contributed by atoms with van der Waals surface area (Å²) in [6.45, 7) is 6.30. The first-order valence-corrected chi connectivity index (χ1v) is 8.22. The van der Waals surface area contributed by atoms with Gasteiger partial charge in [-0.2, -0.15) is 4.98 Å². The van der Waals surface area contributed by atoms with Gasteiger partial charge in [0, 0.05) is 25.7 Å². The largest absolute Gasteiger partial charge is 0.334 e. The fraction of sp³-hybridized carbons (Fsp3) is 0.412. The first-order valence-electron chi connectivity index (χ1n) is 8.22. The number of nitrogens with zero attached hydrogens (tertiary/aromatic N) is 5. The number of piperazine rings is 1. The summed E-state index contributed by atoms with van der Waals surface area (Å²) in [5.41, 5.74) is 3.07. The summed E-state index contributed by atoms with van der Waals surface area (Å²) >= 11 is 0. The Morgan fingerprint density at radius 3 is 2.73 bits per heavy atom. The molecular formula is C17H20ClFN6O. The second-order valence-corrected chi connectivity index (χ2v) is 6.37. The molecule has 4 rings (SSSR count). The van der Waals surface area contributed by atoms with Crippen molar-refractivity contribution in [2.75, 3.05) is 26.7 Å². The number of fused-ring (bicyclic) bond motifs is 1. The van der Waals surface area contributed by atoms with Gasteiger partial charge in [0.05, 0.1) is 28.5 Å². The number of likely N-dealkylation sites (N-methyl/N-ethyl adjacent to an activating group) is 1. The molecule has 1 atom stereocenters. The Kier molecular flexibility index (Phi) is 5.17. The molecular weight excluding hydrogens is 359 g/mol. The van der Waals surface area contributed by atoms with Crippen LogP contribution in [0.25, 0.3) is 22.5 Å². The van der Waals surface area contributed by atoms with E-state index in [1.54, 1.807) is 0 Å². The number of aromatic nitrogens is 4. The van der Waals surface area contributed by atoms with Crippen molar-refractivity contribution in [2.24, 2.45) is 0 Å². The lowest BCUT2D eigenvalue weighted by molar-refractivity contribution is 0.190. The Hall–Kier alpha value is -2.16. The first kappa shape index (κ1) is 18.6. The lowest BCUT2D eigenvalue weighted by atomic mass is 10.1. The van der Waals surface area contributed by atoms with Crippen molar-refractivity contribution in [2.45, 2.75) is 19.9 Å². The molecule has 1 fully saturated rings. The van der Waals surface area contributed by atoms with E-state index in [0.717, 1.165) is 31.0 Å². The summed E-state index contributed by atoms with van der Waals surface area (Å²) in [7, 11) is 2.02. The van der Waals surface area contributed by atoms with Crippen LogP contribution in [0.1, 0.15) is 23.3 Å². The molecule has 26 heavy (non-hydrogen) atoms. The van der Waals surface area contributed by atoms with Gasteiger partial charge < -0.3 is 9.84 Å². The van der Waals surface area contributed by atoms with Gasteiger partial charge >= 0.3 is 0 Å². The van der Waals surface area contributed by atoms with Gasteiger partial charge in [-0.25, -0.2) is 14.4 Å². The number of hydrogen-bond acceptors (Lipinski definition) is 7. The fourth-order valence-electron chi connectivity index (χ4n) is 3.03. The van der Waals surface area contributed by atoms with Gasteiger partial charge in [0.25, 0.3) is 5.89 Å². The second-order valence-electron chi connectivity index (χ2n) is 6.37. The highest BCUT2D eigenvalue weighted by Gasteiger charge is 2.26. The molecule has 3 heterocycles. The maximum Gasteiger partial charge on any atom is 0.260 e. The Bertz CT molecular complexity index is 946. The van der Waals surface area contributed by atoms with Crippen molar-refractivity contribution in [1.82, 2.24) is 30.3 Å². The average Bonchev–Trinajstić information content (AvgIpc) is 3.06. The van der Waals surface area contributed by atoms with Crippen molar-refractivity contribution in [1.29, 1.82) is 0 Å². The summed E-state index contributed by atoms with van der Waals surface area (Å²) < 4.78 is 19.5. The Morgan fingerprint density at radius 2 is 1.96 bits per heavy atom. The molecule has 7 nitrogen and oxygen atoms in total. The van der Waals surface area contributed by atoms with Crippen LogP contribution in [0.5, 0.6) is 0 Å². The zero-order valence-electron chi connectivity index (χ0n) is 14.8. The van der Waals surface area contributed by atoms with Crippen molar-refractivity contribution in [3.05, 3.63) is 35.2 Å². The van der Waals surface area contributed by atoms with Crippen molar-refractivity contribution >= 4 is 23.4 Å². The summed E-state index contributed by atoms with van der Waals surface area (Å²) in [4.78, 5) is 15.6. The molecule has 0 radical (unpaired) electrons. The van der Waals surface area contributed by atoms with E-state index in [1.165, 1.54) is 12.1 Å². The number of hydrogen-bond donors (Lipinski definition) is 1. The normalized spacial score (nSPS) is 18.1. The third-order valence-corrected chi connectivity index (χ3v) is 4.63. The van der Waals surface area contributed by atoms with E-state index in [1.807, 2.05) is 20.9 Å². The topological polar surface area (TPSA) is 80.0 Å². The van der Waals surface area contributed by atoms with Gasteiger partial charge in [-0.15, -0.1) is 12.4 Å². The van der Waals surface area contributed by atoms with Crippen LogP contribution in [-0.4, -0.2) is 51.7 Å². The SMILES string of the molecule is Cc1nc2cc(F)cc(-c3nc(C4CNCCN4C)no3)c2nc1C.Cl. The van der Waals surface area contributed by atoms with Crippen LogP contribution < -0.4 is 5.32 Å². The molecule has 3 aromatic rings. The molecule has 0 amide bonds. The molecule has 9 heteroatoms. The van der Waals surface area contributed by atoms with Crippen LogP contribution in [0.4, 0.5) is 4.39 Å². The predicted molar refractivity (Wildman–Crippen MR) is 97.8 cm³/mol. The summed E-state index contributed by atoms with van der Waals surface area (Å²) in [6, 6.07) is 2.77. The van der Waals surface area contributed by atoms with Gasteiger partial charge in [0.15, 0.2) is 5.82 Å². The van der Waals surface area contributed by atoms with E-state index in [2.05, 4.69) is 30.3 Å². The lowest BCUT2D eigenvalue weighted by Crippen LogP contribution is -2.44. The van der Waals surface area contributed by atoms with Gasteiger partial charge in [-0.3, -0.25) is 4.90 Å². The molecule has 138 valence electrons. The minimum absolute atomic E-state index is 0. The van der Waals surface area contributed by atoms with Crippen molar-refractivity contribution < 1.29 is 8.91 Å². The molecule has 1 unspecified atom stereocenters. The molecule has 0 saturated carbocycles. The number of rotatable bonds is 2. The fourth-order valence-corrected chi connectivity index (χ4v) is 3.03. The van der Waals surface area contributed by atoms with Crippen LogP contribution in [0.3, 0.4) is 0 Å². The molecule has 0 aliphatic carbocycles. The smallest absolute Gasteiger partial charge is 0.260 e. The van der Waals surface area contributed by atoms with Gasteiger partial charge in [0.1, 0.15) is 11.3 Å². The maximum atomic E-state index is 14.1. The zero-order valence-corrected chi connectivity index (χ0v) is 15.6. The molecule has 1 aliphatic heterocycles. The standard InChI is InChI=1S/C17H19FN6O.ClH/c1-9-10(2)21-15-12(6-11(18)7-13(15)20-9)17-22-16(23-25-17)14-8-19-4-5-24(14)3;/h6-7,14,19H,4-5,8H2,1-3H3;1H. The van der Waals surface area contributed by atoms with Gasteiger partial charge in [0.2, 0.25) is 0 Å². The minimum Gasteiger partial charge on any atom is -0.334 e. The van der Waals surface area contributed by atoms with Gasteiger partial charge in [-0.1, -0.05) is 5.16 Å². The second kappa shape index (κ2) is 7.22. The van der Waals surface area contributed by atoms with Gasteiger partial charge in [-0.05, 0) is 27.0 Å². The van der Waals surface area contributed by atoms with E-state index in [9.17, 15) is 4.39 Å². The minimum atomic E-state index is -0.406. The van der Waals surface area contributed by atoms with Crippen molar-refractivity contribution in [3.63, 3.8) is 0 Å². The van der Waals surface area contributed by atoms with E-state index in [-0.39, 0.29) is 24.3 Å². The quantitative estimate of drug-likeness (QED) is 0.733. The third kappa shape index (κ3) is 3.27. The lowest BCUT2D eigenvalue weighted by Gasteiger charge is -2.30.